The lowest BCUT2D eigenvalue weighted by Crippen LogP contribution is -2.31. The zero-order valence-electron chi connectivity index (χ0n) is 11.2. The maximum Gasteiger partial charge on any atom is 0.354 e. The molecule has 20 heavy (non-hydrogen) atoms. The van der Waals surface area contributed by atoms with E-state index < -0.39 is 4.92 Å². The number of carbonyl (C=O) groups is 1. The van der Waals surface area contributed by atoms with Crippen LogP contribution in [-0.2, 0) is 4.79 Å². The van der Waals surface area contributed by atoms with Gasteiger partial charge in [0.15, 0.2) is 0 Å². The first kappa shape index (κ1) is 15.6. The molecule has 0 unspecified atom stereocenters. The number of hydrogen-bond acceptors (Lipinski definition) is 8. The Bertz CT molecular complexity index is 492. The van der Waals surface area contributed by atoms with Crippen LogP contribution in [0.3, 0.4) is 0 Å². The van der Waals surface area contributed by atoms with Crippen LogP contribution in [-0.4, -0.2) is 33.4 Å². The molecule has 5 N–H and O–H groups in total. The molecule has 1 heterocycles. The van der Waals surface area contributed by atoms with E-state index >= 15 is 0 Å². The lowest BCUT2D eigenvalue weighted by molar-refractivity contribution is -0.383. The van der Waals surface area contributed by atoms with Crippen LogP contribution in [0.5, 0.6) is 0 Å². The fourth-order valence-electron chi connectivity index (χ4n) is 1.48. The zero-order valence-corrected chi connectivity index (χ0v) is 11.2. The number of rotatable bonds is 7. The van der Waals surface area contributed by atoms with E-state index in [2.05, 4.69) is 26.0 Å². The Morgan fingerprint density at radius 2 is 2.10 bits per heavy atom. The van der Waals surface area contributed by atoms with Crippen molar-refractivity contribution in [3.8, 4) is 0 Å². The van der Waals surface area contributed by atoms with Gasteiger partial charge in [-0.05, 0) is 13.8 Å². The summed E-state index contributed by atoms with van der Waals surface area (Å²) < 4.78 is 0. The summed E-state index contributed by atoms with van der Waals surface area (Å²) in [7, 11) is 0. The fourth-order valence-corrected chi connectivity index (χ4v) is 1.48. The Morgan fingerprint density at radius 3 is 2.65 bits per heavy atom. The molecule has 10 heteroatoms. The molecule has 1 aromatic heterocycles. The number of nitrogen functional groups attached to an aromatic ring is 1. The summed E-state index contributed by atoms with van der Waals surface area (Å²) in [6, 6.07) is 0.0453. The molecule has 110 valence electrons. The molecule has 10 nitrogen and oxygen atoms in total. The van der Waals surface area contributed by atoms with Crippen LogP contribution < -0.4 is 21.9 Å². The van der Waals surface area contributed by atoms with Gasteiger partial charge in [0.2, 0.25) is 17.5 Å². The summed E-state index contributed by atoms with van der Waals surface area (Å²) in [5.74, 6) is 4.91. The van der Waals surface area contributed by atoms with Crippen molar-refractivity contribution in [3.05, 3.63) is 16.4 Å². The Morgan fingerprint density at radius 1 is 1.45 bits per heavy atom. The number of hydrogen-bond donors (Lipinski definition) is 4. The smallest absolute Gasteiger partial charge is 0.354 e. The van der Waals surface area contributed by atoms with Gasteiger partial charge in [-0.25, -0.2) is 15.8 Å². The summed E-state index contributed by atoms with van der Waals surface area (Å²) >= 11 is 0. The first-order valence-corrected chi connectivity index (χ1v) is 5.95. The first-order chi connectivity index (χ1) is 9.45. The summed E-state index contributed by atoms with van der Waals surface area (Å²) in [4.78, 5) is 29.2. The standard InChI is InChI=1S/C10H17N7O3/c1-6(2)15-7(18)3-4-12-9-8(17(19)20)10(16-11)14-5-13-9/h5-6H,3-4,11H2,1-2H3,(H,15,18)(H2,12,13,14,16). The van der Waals surface area contributed by atoms with Crippen molar-refractivity contribution in [1.82, 2.24) is 15.3 Å². The van der Waals surface area contributed by atoms with Crippen LogP contribution >= 0.6 is 0 Å². The third-order valence-electron chi connectivity index (χ3n) is 2.24. The van der Waals surface area contributed by atoms with Gasteiger partial charge in [0.25, 0.3) is 0 Å². The minimum atomic E-state index is -0.647. The topological polar surface area (TPSA) is 148 Å². The number of nitrogens with zero attached hydrogens (tertiary/aromatic N) is 3. The quantitative estimate of drug-likeness (QED) is 0.310. The molecule has 0 radical (unpaired) electrons. The van der Waals surface area contributed by atoms with Crippen molar-refractivity contribution < 1.29 is 9.72 Å². The van der Waals surface area contributed by atoms with E-state index in [1.54, 1.807) is 0 Å². The average Bonchev–Trinajstić information content (AvgIpc) is 2.37. The number of carbonyl (C=O) groups excluding carboxylic acids is 1. The number of nitrogens with one attached hydrogen (secondary N) is 3. The molecule has 0 fully saturated rings. The molecule has 0 aliphatic rings. The van der Waals surface area contributed by atoms with Crippen molar-refractivity contribution in [1.29, 1.82) is 0 Å². The molecular weight excluding hydrogens is 266 g/mol. The molecule has 0 bridgehead atoms. The molecule has 0 spiro atoms. The van der Waals surface area contributed by atoms with Crippen LogP contribution in [0.25, 0.3) is 0 Å². The lowest BCUT2D eigenvalue weighted by Gasteiger charge is -2.10. The van der Waals surface area contributed by atoms with Gasteiger partial charge in [-0.15, -0.1) is 0 Å². The molecule has 0 atom stereocenters. The van der Waals surface area contributed by atoms with Gasteiger partial charge in [-0.1, -0.05) is 0 Å². The van der Waals surface area contributed by atoms with E-state index in [1.165, 1.54) is 0 Å². The van der Waals surface area contributed by atoms with Crippen LogP contribution in [0.1, 0.15) is 20.3 Å². The van der Waals surface area contributed by atoms with Crippen LogP contribution in [0, 0.1) is 10.1 Å². The lowest BCUT2D eigenvalue weighted by atomic mass is 10.3. The second-order valence-electron chi connectivity index (χ2n) is 4.22. The second kappa shape index (κ2) is 7.19. The predicted molar refractivity (Wildman–Crippen MR) is 72.9 cm³/mol. The third-order valence-corrected chi connectivity index (χ3v) is 2.24. The van der Waals surface area contributed by atoms with E-state index in [1.807, 2.05) is 13.8 Å². The van der Waals surface area contributed by atoms with Gasteiger partial charge in [-0.3, -0.25) is 14.9 Å². The molecule has 0 saturated carbocycles. The van der Waals surface area contributed by atoms with Crippen molar-refractivity contribution in [2.24, 2.45) is 5.84 Å². The minimum absolute atomic E-state index is 0.00953. The number of nitro groups is 1. The van der Waals surface area contributed by atoms with E-state index in [4.69, 9.17) is 5.84 Å². The van der Waals surface area contributed by atoms with Crippen molar-refractivity contribution >= 4 is 23.2 Å². The van der Waals surface area contributed by atoms with E-state index in [0.717, 1.165) is 6.33 Å². The number of nitrogens with two attached hydrogens (primary N) is 1. The van der Waals surface area contributed by atoms with Crippen molar-refractivity contribution in [2.45, 2.75) is 26.3 Å². The highest BCUT2D eigenvalue weighted by molar-refractivity contribution is 5.77. The van der Waals surface area contributed by atoms with E-state index in [-0.39, 0.29) is 42.2 Å². The number of hydrazine groups is 1. The molecular formula is C10H17N7O3. The predicted octanol–water partition coefficient (Wildman–Crippen LogP) is -0.00300. The SMILES string of the molecule is CC(C)NC(=O)CCNc1ncnc(NN)c1[N+](=O)[O-]. The van der Waals surface area contributed by atoms with Gasteiger partial charge >= 0.3 is 5.69 Å². The number of aromatic nitrogens is 2. The maximum absolute atomic E-state index is 11.4. The molecule has 0 aliphatic carbocycles. The average molecular weight is 283 g/mol. The van der Waals surface area contributed by atoms with Crippen molar-refractivity contribution in [3.63, 3.8) is 0 Å². The second-order valence-corrected chi connectivity index (χ2v) is 4.22. The van der Waals surface area contributed by atoms with Gasteiger partial charge in [0.1, 0.15) is 6.33 Å². The highest BCUT2D eigenvalue weighted by Crippen LogP contribution is 2.27. The Balaban J connectivity index is 2.69. The number of amides is 1. The maximum atomic E-state index is 11.4. The van der Waals surface area contributed by atoms with Crippen LogP contribution in [0.2, 0.25) is 0 Å². The van der Waals surface area contributed by atoms with E-state index in [9.17, 15) is 14.9 Å². The largest absolute Gasteiger partial charge is 0.364 e. The minimum Gasteiger partial charge on any atom is -0.364 e. The molecule has 0 aromatic carbocycles. The molecule has 1 rings (SSSR count). The highest BCUT2D eigenvalue weighted by Gasteiger charge is 2.22. The third kappa shape index (κ3) is 4.31. The molecule has 0 saturated heterocycles. The molecule has 1 amide bonds. The monoisotopic (exact) mass is 283 g/mol. The Kier molecular flexibility index (Phi) is 5.59. The van der Waals surface area contributed by atoms with Crippen LogP contribution in [0.4, 0.5) is 17.3 Å². The molecule has 1 aromatic rings. The summed E-state index contributed by atoms with van der Waals surface area (Å²) in [5.41, 5.74) is 1.77. The summed E-state index contributed by atoms with van der Waals surface area (Å²) in [5, 5.41) is 16.4. The highest BCUT2D eigenvalue weighted by atomic mass is 16.6. The van der Waals surface area contributed by atoms with E-state index in [0.29, 0.717) is 0 Å². The fraction of sp³-hybridized carbons (Fsp3) is 0.500. The molecule has 0 aliphatic heterocycles. The normalized spacial score (nSPS) is 10.2. The summed E-state index contributed by atoms with van der Waals surface area (Å²) in [6.45, 7) is 3.90. The van der Waals surface area contributed by atoms with Crippen molar-refractivity contribution in [2.75, 3.05) is 17.3 Å². The van der Waals surface area contributed by atoms with Gasteiger partial charge < -0.3 is 16.1 Å². The van der Waals surface area contributed by atoms with Gasteiger partial charge in [0, 0.05) is 19.0 Å². The Hall–Kier alpha value is -2.49. The van der Waals surface area contributed by atoms with Gasteiger partial charge in [-0.2, -0.15) is 0 Å². The zero-order chi connectivity index (χ0) is 15.1. The van der Waals surface area contributed by atoms with Gasteiger partial charge in [0.05, 0.1) is 4.92 Å². The number of anilines is 2. The van der Waals surface area contributed by atoms with Crippen LogP contribution in [0.15, 0.2) is 6.33 Å². The summed E-state index contributed by atoms with van der Waals surface area (Å²) in [6.07, 6.45) is 1.31. The first-order valence-electron chi connectivity index (χ1n) is 5.95. The Labute approximate surface area is 115 Å².